The van der Waals surface area contributed by atoms with E-state index in [2.05, 4.69) is 5.10 Å². The van der Waals surface area contributed by atoms with Crippen LogP contribution < -0.4 is 5.11 Å². The molecule has 0 bridgehead atoms. The third-order valence-corrected chi connectivity index (χ3v) is 4.99. The lowest BCUT2D eigenvalue weighted by molar-refractivity contribution is -0.305. The quantitative estimate of drug-likeness (QED) is 0.808. The maximum atomic E-state index is 12.7. The van der Waals surface area contributed by atoms with E-state index in [9.17, 15) is 14.7 Å². The highest BCUT2D eigenvalue weighted by atomic mass is 16.4. The van der Waals surface area contributed by atoms with E-state index in [1.807, 2.05) is 24.3 Å². The summed E-state index contributed by atoms with van der Waals surface area (Å²) < 4.78 is 11.0. The molecule has 1 amide bonds. The van der Waals surface area contributed by atoms with Crippen LogP contribution in [0.4, 0.5) is 0 Å². The Morgan fingerprint density at radius 1 is 1.22 bits per heavy atom. The van der Waals surface area contributed by atoms with Crippen molar-refractivity contribution in [3.63, 3.8) is 0 Å². The second kappa shape index (κ2) is 7.26. The van der Waals surface area contributed by atoms with E-state index in [0.29, 0.717) is 5.76 Å². The molecule has 2 aromatic heterocycles. The maximum Gasteiger partial charge on any atom is 0.243 e. The van der Waals surface area contributed by atoms with Crippen molar-refractivity contribution in [3.8, 4) is 0 Å². The number of carbonyl (C=O) groups is 2. The van der Waals surface area contributed by atoms with Gasteiger partial charge in [0, 0.05) is 18.3 Å². The molecule has 2 aliphatic rings. The minimum Gasteiger partial charge on any atom is -0.550 e. The van der Waals surface area contributed by atoms with Gasteiger partial charge in [-0.05, 0) is 61.6 Å². The number of nitrogens with zero attached hydrogens (tertiary/aromatic N) is 2. The van der Waals surface area contributed by atoms with Gasteiger partial charge >= 0.3 is 0 Å². The molecule has 140 valence electrons. The summed E-state index contributed by atoms with van der Waals surface area (Å²) in [6, 6.07) is 6.94. The third kappa shape index (κ3) is 3.45. The Hall–Kier alpha value is -3.09. The first kappa shape index (κ1) is 17.3. The molecule has 0 unspecified atom stereocenters. The number of carboxylic acid groups (broad SMARTS) is 1. The molecule has 0 saturated heterocycles. The zero-order chi connectivity index (χ0) is 18.8. The van der Waals surface area contributed by atoms with Crippen LogP contribution in [0.3, 0.4) is 0 Å². The topological polar surface area (TPSA) is 99.1 Å². The number of carboxylic acids is 1. The highest BCUT2D eigenvalue weighted by molar-refractivity contribution is 6.07. The van der Waals surface area contributed by atoms with Crippen LogP contribution in [0.5, 0.6) is 0 Å². The van der Waals surface area contributed by atoms with E-state index in [4.69, 9.17) is 8.83 Å². The molecule has 2 atom stereocenters. The van der Waals surface area contributed by atoms with Crippen molar-refractivity contribution in [1.82, 2.24) is 5.01 Å². The van der Waals surface area contributed by atoms with E-state index in [-0.39, 0.29) is 30.7 Å². The number of furan rings is 2. The number of fused-ring (bicyclic) bond motifs is 1. The standard InChI is InChI=1S/C20H20N2O5/c23-17(8-9-18(24)25)22-20(16-7-3-11-27-16)15-6-1-4-13(19(15)21-22)12-14-5-2-10-26-14/h2-3,5,7,10-12,15,20H,1,4,6,8-9H2,(H,24,25)/p-1/b13-12+/t15-,20+/m1/s1. The summed E-state index contributed by atoms with van der Waals surface area (Å²) in [4.78, 5) is 23.4. The van der Waals surface area contributed by atoms with Crippen molar-refractivity contribution in [3.05, 3.63) is 53.9 Å². The molecule has 1 saturated carbocycles. The van der Waals surface area contributed by atoms with Crippen molar-refractivity contribution in [1.29, 1.82) is 0 Å². The van der Waals surface area contributed by atoms with Gasteiger partial charge in [0.05, 0.1) is 18.2 Å². The van der Waals surface area contributed by atoms with E-state index in [1.165, 1.54) is 5.01 Å². The van der Waals surface area contributed by atoms with Crippen LogP contribution in [-0.2, 0) is 9.59 Å². The number of rotatable bonds is 5. The number of aliphatic carboxylic acids is 1. The Balaban J connectivity index is 1.68. The van der Waals surface area contributed by atoms with Crippen LogP contribution in [0.15, 0.2) is 56.3 Å². The zero-order valence-electron chi connectivity index (χ0n) is 14.7. The molecule has 3 heterocycles. The molecule has 2 aromatic rings. The molecular weight excluding hydrogens is 348 g/mol. The van der Waals surface area contributed by atoms with Crippen LogP contribution in [0.25, 0.3) is 6.08 Å². The van der Waals surface area contributed by atoms with Gasteiger partial charge in [0.15, 0.2) is 0 Å². The third-order valence-electron chi connectivity index (χ3n) is 4.99. The second-order valence-corrected chi connectivity index (χ2v) is 6.74. The summed E-state index contributed by atoms with van der Waals surface area (Å²) in [6.45, 7) is 0. The van der Waals surface area contributed by atoms with Gasteiger partial charge in [-0.15, -0.1) is 0 Å². The smallest absolute Gasteiger partial charge is 0.243 e. The number of hydrazone groups is 1. The molecule has 0 N–H and O–H groups in total. The van der Waals surface area contributed by atoms with Gasteiger partial charge < -0.3 is 18.7 Å². The molecule has 7 nitrogen and oxygen atoms in total. The lowest BCUT2D eigenvalue weighted by Crippen LogP contribution is -2.32. The van der Waals surface area contributed by atoms with Crippen molar-refractivity contribution in [2.45, 2.75) is 38.1 Å². The van der Waals surface area contributed by atoms with E-state index in [0.717, 1.165) is 36.3 Å². The van der Waals surface area contributed by atoms with Crippen LogP contribution in [0.1, 0.15) is 49.7 Å². The maximum absolute atomic E-state index is 12.7. The SMILES string of the molecule is O=C([O-])CCC(=O)N1N=C2/C(=C/c3ccco3)CCC[C@H]2[C@H]1c1ccco1. The molecule has 7 heteroatoms. The zero-order valence-corrected chi connectivity index (χ0v) is 14.7. The van der Waals surface area contributed by atoms with E-state index in [1.54, 1.807) is 18.6 Å². The average Bonchev–Trinajstić information content (AvgIpc) is 3.39. The summed E-state index contributed by atoms with van der Waals surface area (Å²) in [5, 5.41) is 16.8. The van der Waals surface area contributed by atoms with Crippen LogP contribution >= 0.6 is 0 Å². The lowest BCUT2D eigenvalue weighted by Gasteiger charge is -2.27. The highest BCUT2D eigenvalue weighted by Gasteiger charge is 2.44. The minimum atomic E-state index is -1.25. The number of hydrogen-bond donors (Lipinski definition) is 0. The first-order valence-corrected chi connectivity index (χ1v) is 9.02. The number of carbonyl (C=O) groups excluding carboxylic acids is 2. The van der Waals surface area contributed by atoms with Gasteiger partial charge in [-0.25, -0.2) is 5.01 Å². The van der Waals surface area contributed by atoms with Crippen molar-refractivity contribution in [2.24, 2.45) is 11.0 Å². The predicted octanol–water partition coefficient (Wildman–Crippen LogP) is 2.53. The molecule has 0 radical (unpaired) electrons. The Morgan fingerprint density at radius 3 is 2.74 bits per heavy atom. The fourth-order valence-electron chi connectivity index (χ4n) is 3.81. The molecule has 1 fully saturated rings. The van der Waals surface area contributed by atoms with E-state index >= 15 is 0 Å². The summed E-state index contributed by atoms with van der Waals surface area (Å²) in [5.74, 6) is -0.192. The summed E-state index contributed by atoms with van der Waals surface area (Å²) in [5.41, 5.74) is 1.88. The minimum absolute atomic E-state index is 0.0121. The molecule has 4 rings (SSSR count). The average molecular weight is 367 g/mol. The number of amides is 1. The summed E-state index contributed by atoms with van der Waals surface area (Å²) in [7, 11) is 0. The molecular formula is C20H19N2O5-. The first-order valence-electron chi connectivity index (χ1n) is 9.02. The van der Waals surface area contributed by atoms with Crippen molar-refractivity contribution in [2.75, 3.05) is 0 Å². The molecule has 1 aliphatic carbocycles. The van der Waals surface area contributed by atoms with Gasteiger partial charge in [0.1, 0.15) is 17.6 Å². The Kier molecular flexibility index (Phi) is 4.66. The van der Waals surface area contributed by atoms with Crippen LogP contribution in [-0.4, -0.2) is 22.6 Å². The highest BCUT2D eigenvalue weighted by Crippen LogP contribution is 2.44. The summed E-state index contributed by atoms with van der Waals surface area (Å²) in [6.07, 6.45) is 7.36. The van der Waals surface area contributed by atoms with Crippen LogP contribution in [0, 0.1) is 5.92 Å². The fourth-order valence-corrected chi connectivity index (χ4v) is 3.81. The lowest BCUT2D eigenvalue weighted by atomic mass is 9.79. The second-order valence-electron chi connectivity index (χ2n) is 6.74. The van der Waals surface area contributed by atoms with Crippen molar-refractivity contribution < 1.29 is 23.5 Å². The molecule has 27 heavy (non-hydrogen) atoms. The van der Waals surface area contributed by atoms with Gasteiger partial charge in [0.25, 0.3) is 0 Å². The first-order chi connectivity index (χ1) is 13.1. The van der Waals surface area contributed by atoms with Gasteiger partial charge in [0.2, 0.25) is 5.91 Å². The van der Waals surface area contributed by atoms with Gasteiger partial charge in [-0.3, -0.25) is 4.79 Å². The summed E-state index contributed by atoms with van der Waals surface area (Å²) >= 11 is 0. The molecule has 0 aromatic carbocycles. The molecule has 1 aliphatic heterocycles. The number of hydrogen-bond acceptors (Lipinski definition) is 6. The number of allylic oxidation sites excluding steroid dienone is 1. The predicted molar refractivity (Wildman–Crippen MR) is 94.0 cm³/mol. The fraction of sp³-hybridized carbons (Fsp3) is 0.350. The van der Waals surface area contributed by atoms with Gasteiger partial charge in [-0.1, -0.05) is 0 Å². The van der Waals surface area contributed by atoms with Gasteiger partial charge in [-0.2, -0.15) is 5.10 Å². The van der Waals surface area contributed by atoms with Crippen LogP contribution in [0.2, 0.25) is 0 Å². The Morgan fingerprint density at radius 2 is 2.04 bits per heavy atom. The Labute approximate surface area is 155 Å². The van der Waals surface area contributed by atoms with Crippen molar-refractivity contribution >= 4 is 23.7 Å². The Bertz CT molecular complexity index is 880. The van der Waals surface area contributed by atoms with E-state index < -0.39 is 5.97 Å². The normalized spacial score (nSPS) is 23.3. The molecule has 0 spiro atoms. The largest absolute Gasteiger partial charge is 0.550 e. The monoisotopic (exact) mass is 367 g/mol.